The maximum Gasteiger partial charge on any atom is 0.253 e. The number of rotatable bonds is 3. The van der Waals surface area contributed by atoms with E-state index in [9.17, 15) is 9.59 Å². The molecule has 5 heteroatoms. The summed E-state index contributed by atoms with van der Waals surface area (Å²) in [6, 6.07) is 11.0. The second-order valence-electron chi connectivity index (χ2n) is 6.94. The summed E-state index contributed by atoms with van der Waals surface area (Å²) in [7, 11) is 0. The molecule has 0 N–H and O–H groups in total. The number of carbonyl (C=O) groups is 2. The molecule has 134 valence electrons. The van der Waals surface area contributed by atoms with Gasteiger partial charge in [0.15, 0.2) is 5.78 Å². The van der Waals surface area contributed by atoms with E-state index in [1.165, 1.54) is 0 Å². The van der Waals surface area contributed by atoms with E-state index in [2.05, 4.69) is 4.98 Å². The van der Waals surface area contributed by atoms with Gasteiger partial charge in [-0.05, 0) is 61.6 Å². The Morgan fingerprint density at radius 2 is 2.08 bits per heavy atom. The molecule has 1 atom stereocenters. The minimum atomic E-state index is -0.177. The highest BCUT2D eigenvalue weighted by atomic mass is 16.5. The number of pyridine rings is 1. The van der Waals surface area contributed by atoms with E-state index in [0.29, 0.717) is 24.3 Å². The average molecular weight is 350 g/mol. The van der Waals surface area contributed by atoms with Gasteiger partial charge in [-0.3, -0.25) is 14.6 Å². The van der Waals surface area contributed by atoms with E-state index in [-0.39, 0.29) is 17.6 Å². The standard InChI is InChI=1S/C21H22N2O3/c24-20(18-7-1-2-10-22-18)17-5-3-11-23(14-17)21(25)16-8-9-19-15(13-16)6-4-12-26-19/h1-2,7-10,13,17H,3-6,11-12,14H2. The molecule has 0 aliphatic carbocycles. The van der Waals surface area contributed by atoms with Crippen molar-refractivity contribution < 1.29 is 14.3 Å². The molecule has 26 heavy (non-hydrogen) atoms. The van der Waals surface area contributed by atoms with Crippen LogP contribution in [0.2, 0.25) is 0 Å². The van der Waals surface area contributed by atoms with Crippen LogP contribution in [0, 0.1) is 5.92 Å². The molecule has 2 aliphatic heterocycles. The first-order valence-corrected chi connectivity index (χ1v) is 9.22. The number of piperidine rings is 1. The Kier molecular flexibility index (Phi) is 4.69. The molecule has 0 bridgehead atoms. The lowest BCUT2D eigenvalue weighted by Gasteiger charge is -2.32. The van der Waals surface area contributed by atoms with Gasteiger partial charge in [-0.25, -0.2) is 0 Å². The van der Waals surface area contributed by atoms with Crippen LogP contribution in [-0.2, 0) is 6.42 Å². The van der Waals surface area contributed by atoms with Gasteiger partial charge in [0.1, 0.15) is 11.4 Å². The summed E-state index contributed by atoms with van der Waals surface area (Å²) in [6.45, 7) is 1.89. The Hall–Kier alpha value is -2.69. The Balaban J connectivity index is 1.49. The zero-order valence-electron chi connectivity index (χ0n) is 14.7. The highest BCUT2D eigenvalue weighted by Gasteiger charge is 2.30. The van der Waals surface area contributed by atoms with Crippen LogP contribution in [0.3, 0.4) is 0 Å². The number of fused-ring (bicyclic) bond motifs is 1. The fraction of sp³-hybridized carbons (Fsp3) is 0.381. The smallest absolute Gasteiger partial charge is 0.253 e. The highest BCUT2D eigenvalue weighted by molar-refractivity contribution is 5.98. The third kappa shape index (κ3) is 3.34. The topological polar surface area (TPSA) is 59.5 Å². The minimum Gasteiger partial charge on any atom is -0.493 e. The van der Waals surface area contributed by atoms with E-state index in [1.54, 1.807) is 23.2 Å². The van der Waals surface area contributed by atoms with E-state index < -0.39 is 0 Å². The van der Waals surface area contributed by atoms with Crippen molar-refractivity contribution in [3.63, 3.8) is 0 Å². The van der Waals surface area contributed by atoms with Crippen molar-refractivity contribution in [2.45, 2.75) is 25.7 Å². The lowest BCUT2D eigenvalue weighted by atomic mass is 9.91. The first kappa shape index (κ1) is 16.8. The van der Waals surface area contributed by atoms with Crippen molar-refractivity contribution >= 4 is 11.7 Å². The van der Waals surface area contributed by atoms with E-state index in [0.717, 1.165) is 43.6 Å². The summed E-state index contributed by atoms with van der Waals surface area (Å²) in [5, 5.41) is 0. The van der Waals surface area contributed by atoms with Crippen LogP contribution in [0.4, 0.5) is 0 Å². The van der Waals surface area contributed by atoms with E-state index in [4.69, 9.17) is 4.74 Å². The summed E-state index contributed by atoms with van der Waals surface area (Å²) in [4.78, 5) is 31.6. The monoisotopic (exact) mass is 350 g/mol. The maximum absolute atomic E-state index is 12.9. The number of amides is 1. The fourth-order valence-electron chi connectivity index (χ4n) is 3.77. The molecule has 1 unspecified atom stereocenters. The first-order valence-electron chi connectivity index (χ1n) is 9.22. The van der Waals surface area contributed by atoms with Gasteiger partial charge in [-0.15, -0.1) is 0 Å². The lowest BCUT2D eigenvalue weighted by Crippen LogP contribution is -2.42. The Morgan fingerprint density at radius 3 is 2.92 bits per heavy atom. The SMILES string of the molecule is O=C(c1ccccn1)C1CCCN(C(=O)c2ccc3c(c2)CCCO3)C1. The number of ketones is 1. The van der Waals surface area contributed by atoms with Crippen LogP contribution >= 0.6 is 0 Å². The number of hydrogen-bond donors (Lipinski definition) is 0. The predicted molar refractivity (Wildman–Crippen MR) is 97.5 cm³/mol. The van der Waals surface area contributed by atoms with Crippen LogP contribution in [0.25, 0.3) is 0 Å². The second kappa shape index (κ2) is 7.28. The molecule has 1 aromatic heterocycles. The number of ether oxygens (including phenoxy) is 1. The Labute approximate surface area is 153 Å². The van der Waals surface area contributed by atoms with Crippen molar-refractivity contribution in [3.8, 4) is 5.75 Å². The number of benzene rings is 1. The molecule has 2 aliphatic rings. The van der Waals surface area contributed by atoms with Gasteiger partial charge in [-0.1, -0.05) is 6.07 Å². The summed E-state index contributed by atoms with van der Waals surface area (Å²) < 4.78 is 5.62. The summed E-state index contributed by atoms with van der Waals surface area (Å²) in [5.41, 5.74) is 2.26. The number of likely N-dealkylation sites (tertiary alicyclic amines) is 1. The van der Waals surface area contributed by atoms with Gasteiger partial charge in [0.2, 0.25) is 0 Å². The van der Waals surface area contributed by atoms with Crippen LogP contribution in [-0.4, -0.2) is 41.3 Å². The average Bonchev–Trinajstić information content (AvgIpc) is 2.73. The predicted octanol–water partition coefficient (Wildman–Crippen LogP) is 3.14. The molecule has 0 saturated carbocycles. The molecule has 1 fully saturated rings. The van der Waals surface area contributed by atoms with Gasteiger partial charge in [0.05, 0.1) is 6.61 Å². The zero-order chi connectivity index (χ0) is 17.9. The van der Waals surface area contributed by atoms with Gasteiger partial charge >= 0.3 is 0 Å². The molecular weight excluding hydrogens is 328 g/mol. The zero-order valence-corrected chi connectivity index (χ0v) is 14.7. The molecule has 1 aromatic carbocycles. The van der Waals surface area contributed by atoms with Crippen LogP contribution in [0.1, 0.15) is 45.7 Å². The third-order valence-electron chi connectivity index (χ3n) is 5.15. The number of Topliss-reactive ketones (excluding diaryl/α,β-unsaturated/α-hetero) is 1. The van der Waals surface area contributed by atoms with E-state index in [1.807, 2.05) is 24.3 Å². The van der Waals surface area contributed by atoms with Gasteiger partial charge in [0, 0.05) is 30.8 Å². The van der Waals surface area contributed by atoms with Gasteiger partial charge in [-0.2, -0.15) is 0 Å². The molecule has 0 spiro atoms. The quantitative estimate of drug-likeness (QED) is 0.798. The number of carbonyl (C=O) groups excluding carboxylic acids is 2. The molecule has 2 aromatic rings. The lowest BCUT2D eigenvalue weighted by molar-refractivity contribution is 0.0635. The number of nitrogens with zero attached hydrogens (tertiary/aromatic N) is 2. The molecule has 4 rings (SSSR count). The van der Waals surface area contributed by atoms with Crippen molar-refractivity contribution in [1.82, 2.24) is 9.88 Å². The number of hydrogen-bond acceptors (Lipinski definition) is 4. The van der Waals surface area contributed by atoms with Crippen LogP contribution in [0.15, 0.2) is 42.6 Å². The van der Waals surface area contributed by atoms with Crippen molar-refractivity contribution in [2.75, 3.05) is 19.7 Å². The molecular formula is C21H22N2O3. The Bertz CT molecular complexity index is 819. The minimum absolute atomic E-state index is 0.00288. The molecule has 0 radical (unpaired) electrons. The first-order chi connectivity index (χ1) is 12.7. The van der Waals surface area contributed by atoms with Crippen LogP contribution in [0.5, 0.6) is 5.75 Å². The molecule has 5 nitrogen and oxygen atoms in total. The molecule has 3 heterocycles. The van der Waals surface area contributed by atoms with Crippen molar-refractivity contribution in [2.24, 2.45) is 5.92 Å². The maximum atomic E-state index is 12.9. The largest absolute Gasteiger partial charge is 0.493 e. The molecule has 1 saturated heterocycles. The fourth-order valence-corrected chi connectivity index (χ4v) is 3.77. The second-order valence-corrected chi connectivity index (χ2v) is 6.94. The van der Waals surface area contributed by atoms with E-state index >= 15 is 0 Å². The highest BCUT2D eigenvalue weighted by Crippen LogP contribution is 2.27. The van der Waals surface area contributed by atoms with Gasteiger partial charge in [0.25, 0.3) is 5.91 Å². The Morgan fingerprint density at radius 1 is 1.15 bits per heavy atom. The van der Waals surface area contributed by atoms with Crippen molar-refractivity contribution in [1.29, 1.82) is 0 Å². The van der Waals surface area contributed by atoms with Crippen molar-refractivity contribution in [3.05, 3.63) is 59.4 Å². The molecule has 1 amide bonds. The van der Waals surface area contributed by atoms with Gasteiger partial charge < -0.3 is 9.64 Å². The summed E-state index contributed by atoms with van der Waals surface area (Å²) in [6.07, 6.45) is 5.20. The number of aromatic nitrogens is 1. The normalized spacial score (nSPS) is 19.4. The summed E-state index contributed by atoms with van der Waals surface area (Å²) in [5.74, 6) is 0.733. The summed E-state index contributed by atoms with van der Waals surface area (Å²) >= 11 is 0. The number of aryl methyl sites for hydroxylation is 1. The third-order valence-corrected chi connectivity index (χ3v) is 5.15. The van der Waals surface area contributed by atoms with Crippen LogP contribution < -0.4 is 4.74 Å².